The second-order valence-electron chi connectivity index (χ2n) is 6.18. The summed E-state index contributed by atoms with van der Waals surface area (Å²) < 4.78 is 7.24. The highest BCUT2D eigenvalue weighted by molar-refractivity contribution is 6.45. The standard InChI is InChI=1S/C21H22N2O3/c1-14-19(16-9-5-6-10-17(16)23(14)2)20(24)21(25)22-13-12-15-8-4-7-11-18(15)26-3/h4-11H,12-13H2,1-3H3,(H,22,25). The summed E-state index contributed by atoms with van der Waals surface area (Å²) >= 11 is 0. The van der Waals surface area contributed by atoms with E-state index in [1.54, 1.807) is 7.11 Å². The maximum absolute atomic E-state index is 12.7. The van der Waals surface area contributed by atoms with Gasteiger partial charge in [-0.3, -0.25) is 9.59 Å². The van der Waals surface area contributed by atoms with Gasteiger partial charge >= 0.3 is 0 Å². The summed E-state index contributed by atoms with van der Waals surface area (Å²) in [6, 6.07) is 15.2. The van der Waals surface area contributed by atoms with Gasteiger partial charge in [-0.1, -0.05) is 36.4 Å². The van der Waals surface area contributed by atoms with Crippen LogP contribution in [0.5, 0.6) is 5.75 Å². The average molecular weight is 350 g/mol. The smallest absolute Gasteiger partial charge is 0.292 e. The quantitative estimate of drug-likeness (QED) is 0.549. The molecule has 1 amide bonds. The van der Waals surface area contributed by atoms with E-state index < -0.39 is 11.7 Å². The first-order chi connectivity index (χ1) is 12.5. The van der Waals surface area contributed by atoms with Gasteiger partial charge < -0.3 is 14.6 Å². The summed E-state index contributed by atoms with van der Waals surface area (Å²) in [6.07, 6.45) is 0.595. The molecule has 0 aliphatic carbocycles. The van der Waals surface area contributed by atoms with E-state index in [1.165, 1.54) is 0 Å². The van der Waals surface area contributed by atoms with Gasteiger partial charge in [-0.2, -0.15) is 0 Å². The number of nitrogens with one attached hydrogen (secondary N) is 1. The maximum Gasteiger partial charge on any atom is 0.292 e. The first-order valence-corrected chi connectivity index (χ1v) is 8.53. The summed E-state index contributed by atoms with van der Waals surface area (Å²) in [5.74, 6) is -0.309. The molecule has 0 unspecified atom stereocenters. The van der Waals surface area contributed by atoms with Crippen molar-refractivity contribution in [3.8, 4) is 5.75 Å². The Morgan fingerprint density at radius 1 is 1.08 bits per heavy atom. The number of amides is 1. The molecule has 0 bridgehead atoms. The molecule has 1 N–H and O–H groups in total. The van der Waals surface area contributed by atoms with Crippen molar-refractivity contribution >= 4 is 22.6 Å². The highest BCUT2D eigenvalue weighted by Gasteiger charge is 2.23. The van der Waals surface area contributed by atoms with E-state index in [2.05, 4.69) is 5.32 Å². The molecule has 26 heavy (non-hydrogen) atoms. The van der Waals surface area contributed by atoms with E-state index in [0.29, 0.717) is 18.5 Å². The number of Topliss-reactive ketones (excluding diaryl/α,β-unsaturated/α-hetero) is 1. The number of carbonyl (C=O) groups is 2. The minimum atomic E-state index is -0.584. The van der Waals surface area contributed by atoms with Crippen molar-refractivity contribution in [2.75, 3.05) is 13.7 Å². The lowest BCUT2D eigenvalue weighted by atomic mass is 10.1. The van der Waals surface area contributed by atoms with E-state index >= 15 is 0 Å². The molecule has 3 rings (SSSR count). The van der Waals surface area contributed by atoms with Crippen molar-refractivity contribution in [3.05, 3.63) is 65.4 Å². The summed E-state index contributed by atoms with van der Waals surface area (Å²) in [5.41, 5.74) is 3.19. The Kier molecular flexibility index (Phi) is 5.07. The molecule has 0 aliphatic heterocycles. The summed E-state index contributed by atoms with van der Waals surface area (Å²) in [6.45, 7) is 2.23. The molecule has 5 nitrogen and oxygen atoms in total. The molecule has 134 valence electrons. The van der Waals surface area contributed by atoms with Crippen LogP contribution >= 0.6 is 0 Å². The molecule has 1 heterocycles. The van der Waals surface area contributed by atoms with E-state index in [9.17, 15) is 9.59 Å². The third-order valence-corrected chi connectivity index (χ3v) is 4.71. The van der Waals surface area contributed by atoms with Crippen LogP contribution in [0.2, 0.25) is 0 Å². The fourth-order valence-electron chi connectivity index (χ4n) is 3.22. The molecule has 0 saturated carbocycles. The minimum Gasteiger partial charge on any atom is -0.496 e. The van der Waals surface area contributed by atoms with Crippen molar-refractivity contribution in [2.24, 2.45) is 7.05 Å². The van der Waals surface area contributed by atoms with Crippen LogP contribution in [0.3, 0.4) is 0 Å². The molecule has 0 radical (unpaired) electrons. The van der Waals surface area contributed by atoms with Crippen LogP contribution in [0.1, 0.15) is 21.6 Å². The van der Waals surface area contributed by atoms with Crippen LogP contribution in [0, 0.1) is 6.92 Å². The van der Waals surface area contributed by atoms with Gasteiger partial charge in [-0.15, -0.1) is 0 Å². The van der Waals surface area contributed by atoms with Crippen LogP contribution in [0.15, 0.2) is 48.5 Å². The number of para-hydroxylation sites is 2. The molecule has 0 aliphatic rings. The van der Waals surface area contributed by atoms with Gasteiger partial charge in [0, 0.05) is 30.2 Å². The Balaban J connectivity index is 1.73. The first-order valence-electron chi connectivity index (χ1n) is 8.53. The number of ether oxygens (including phenoxy) is 1. The highest BCUT2D eigenvalue weighted by Crippen LogP contribution is 2.25. The monoisotopic (exact) mass is 350 g/mol. The molecule has 0 saturated heterocycles. The molecule has 1 aromatic heterocycles. The predicted molar refractivity (Wildman–Crippen MR) is 102 cm³/mol. The van der Waals surface area contributed by atoms with E-state index in [-0.39, 0.29) is 0 Å². The van der Waals surface area contributed by atoms with Crippen molar-refractivity contribution in [1.82, 2.24) is 9.88 Å². The molecule has 3 aromatic rings. The number of ketones is 1. The Morgan fingerprint density at radius 2 is 1.77 bits per heavy atom. The lowest BCUT2D eigenvalue weighted by Crippen LogP contribution is -2.33. The van der Waals surface area contributed by atoms with Crippen LogP contribution in [0.25, 0.3) is 10.9 Å². The molecule has 0 spiro atoms. The zero-order valence-electron chi connectivity index (χ0n) is 15.2. The lowest BCUT2D eigenvalue weighted by molar-refractivity contribution is -0.116. The summed E-state index contributed by atoms with van der Waals surface area (Å²) in [7, 11) is 3.51. The van der Waals surface area contributed by atoms with Gasteiger partial charge in [0.1, 0.15) is 5.75 Å². The number of methoxy groups -OCH3 is 1. The molecular formula is C21H22N2O3. The van der Waals surface area contributed by atoms with Crippen molar-refractivity contribution in [2.45, 2.75) is 13.3 Å². The fraction of sp³-hybridized carbons (Fsp3) is 0.238. The largest absolute Gasteiger partial charge is 0.496 e. The zero-order chi connectivity index (χ0) is 18.7. The van der Waals surface area contributed by atoms with Gasteiger partial charge in [0.15, 0.2) is 0 Å². The maximum atomic E-state index is 12.7. The Morgan fingerprint density at radius 3 is 2.54 bits per heavy atom. The molecular weight excluding hydrogens is 328 g/mol. The molecule has 0 fully saturated rings. The lowest BCUT2D eigenvalue weighted by Gasteiger charge is -2.09. The third kappa shape index (κ3) is 3.20. The Bertz CT molecular complexity index is 973. The summed E-state index contributed by atoms with van der Waals surface area (Å²) in [5, 5.41) is 3.53. The Hall–Kier alpha value is -3.08. The number of rotatable bonds is 6. The predicted octanol–water partition coefficient (Wildman–Crippen LogP) is 3.04. The Labute approximate surface area is 152 Å². The van der Waals surface area contributed by atoms with Crippen LogP contribution in [-0.4, -0.2) is 29.9 Å². The van der Waals surface area contributed by atoms with Gasteiger partial charge in [0.25, 0.3) is 11.7 Å². The minimum absolute atomic E-state index is 0.370. The number of aryl methyl sites for hydroxylation is 1. The SMILES string of the molecule is COc1ccccc1CCNC(=O)C(=O)c1c(C)n(C)c2ccccc12. The molecule has 5 heteroatoms. The third-order valence-electron chi connectivity index (χ3n) is 4.71. The van der Waals surface area contributed by atoms with Crippen LogP contribution in [0.4, 0.5) is 0 Å². The van der Waals surface area contributed by atoms with E-state index in [4.69, 9.17) is 4.74 Å². The van der Waals surface area contributed by atoms with Crippen LogP contribution < -0.4 is 10.1 Å². The van der Waals surface area contributed by atoms with E-state index in [1.807, 2.05) is 67.1 Å². The van der Waals surface area contributed by atoms with Crippen molar-refractivity contribution < 1.29 is 14.3 Å². The molecule has 0 atom stereocenters. The van der Waals surface area contributed by atoms with Crippen LogP contribution in [-0.2, 0) is 18.3 Å². The van der Waals surface area contributed by atoms with E-state index in [0.717, 1.165) is 27.9 Å². The number of fused-ring (bicyclic) bond motifs is 1. The van der Waals surface area contributed by atoms with Gasteiger partial charge in [0.2, 0.25) is 0 Å². The van der Waals surface area contributed by atoms with Crippen molar-refractivity contribution in [3.63, 3.8) is 0 Å². The topological polar surface area (TPSA) is 60.3 Å². The number of hydrogen-bond donors (Lipinski definition) is 1. The second kappa shape index (κ2) is 7.44. The number of hydrogen-bond acceptors (Lipinski definition) is 3. The van der Waals surface area contributed by atoms with Gasteiger partial charge in [-0.25, -0.2) is 0 Å². The zero-order valence-corrected chi connectivity index (χ0v) is 15.2. The number of aromatic nitrogens is 1. The summed E-state index contributed by atoms with van der Waals surface area (Å²) in [4.78, 5) is 25.1. The fourth-order valence-corrected chi connectivity index (χ4v) is 3.22. The van der Waals surface area contributed by atoms with Crippen molar-refractivity contribution in [1.29, 1.82) is 0 Å². The highest BCUT2D eigenvalue weighted by atomic mass is 16.5. The second-order valence-corrected chi connectivity index (χ2v) is 6.18. The number of carbonyl (C=O) groups excluding carboxylic acids is 2. The number of benzene rings is 2. The van der Waals surface area contributed by atoms with Gasteiger partial charge in [-0.05, 0) is 31.0 Å². The first kappa shape index (κ1) is 17.7. The normalized spacial score (nSPS) is 10.7. The molecule has 2 aromatic carbocycles. The average Bonchev–Trinajstić information content (AvgIpc) is 2.92. The number of nitrogens with zero attached hydrogens (tertiary/aromatic N) is 1. The van der Waals surface area contributed by atoms with Gasteiger partial charge in [0.05, 0.1) is 12.7 Å².